The summed E-state index contributed by atoms with van der Waals surface area (Å²) in [6, 6.07) is 5.46. The second kappa shape index (κ2) is 2.76. The average molecular weight is 203 g/mol. The van der Waals surface area contributed by atoms with Crippen LogP contribution < -0.4 is 15.0 Å². The molecule has 0 aliphatic carbocycles. The fraction of sp³-hybridized carbons (Fsp3) is 0.182. The van der Waals surface area contributed by atoms with Gasteiger partial charge < -0.3 is 14.0 Å². The number of benzene rings is 1. The Morgan fingerprint density at radius 1 is 1.27 bits per heavy atom. The van der Waals surface area contributed by atoms with E-state index in [0.717, 1.165) is 5.39 Å². The van der Waals surface area contributed by atoms with E-state index in [4.69, 9.17) is 9.47 Å². The summed E-state index contributed by atoms with van der Waals surface area (Å²) in [7, 11) is 1.73. The first-order valence-corrected chi connectivity index (χ1v) is 4.65. The second-order valence-electron chi connectivity index (χ2n) is 3.52. The minimum Gasteiger partial charge on any atom is -0.454 e. The lowest BCUT2D eigenvalue weighted by molar-refractivity contribution is 0.174. The van der Waals surface area contributed by atoms with Gasteiger partial charge in [-0.25, -0.2) is 0 Å². The van der Waals surface area contributed by atoms with Gasteiger partial charge in [0.2, 0.25) is 6.79 Å². The Hall–Kier alpha value is -1.97. The minimum absolute atomic E-state index is 0.0224. The van der Waals surface area contributed by atoms with E-state index in [-0.39, 0.29) is 12.4 Å². The van der Waals surface area contributed by atoms with Crippen LogP contribution in [0.25, 0.3) is 10.8 Å². The van der Waals surface area contributed by atoms with Crippen LogP contribution in [-0.2, 0) is 7.05 Å². The van der Waals surface area contributed by atoms with Gasteiger partial charge in [0.15, 0.2) is 11.5 Å². The van der Waals surface area contributed by atoms with Crippen molar-refractivity contribution in [3.8, 4) is 11.5 Å². The van der Waals surface area contributed by atoms with Crippen LogP contribution in [0, 0.1) is 0 Å². The van der Waals surface area contributed by atoms with E-state index in [1.54, 1.807) is 23.9 Å². The van der Waals surface area contributed by atoms with Crippen molar-refractivity contribution in [1.82, 2.24) is 4.57 Å². The first-order chi connectivity index (χ1) is 7.25. The van der Waals surface area contributed by atoms with Crippen molar-refractivity contribution in [2.45, 2.75) is 0 Å². The maximum absolute atomic E-state index is 11.8. The molecule has 4 heteroatoms. The highest BCUT2D eigenvalue weighted by Gasteiger charge is 2.15. The number of ether oxygens (including phenoxy) is 2. The number of nitrogens with zero attached hydrogens (tertiary/aromatic N) is 1. The maximum atomic E-state index is 11.8. The van der Waals surface area contributed by atoms with Crippen molar-refractivity contribution in [2.24, 2.45) is 7.05 Å². The molecule has 0 fully saturated rings. The van der Waals surface area contributed by atoms with E-state index in [1.165, 1.54) is 0 Å². The van der Waals surface area contributed by atoms with Gasteiger partial charge in [-0.2, -0.15) is 0 Å². The molecule has 0 N–H and O–H groups in total. The molecule has 0 unspecified atom stereocenters. The third-order valence-electron chi connectivity index (χ3n) is 2.57. The van der Waals surface area contributed by atoms with Crippen molar-refractivity contribution in [1.29, 1.82) is 0 Å². The molecule has 15 heavy (non-hydrogen) atoms. The lowest BCUT2D eigenvalue weighted by atomic mass is 10.1. The first-order valence-electron chi connectivity index (χ1n) is 4.65. The molecule has 0 saturated heterocycles. The van der Waals surface area contributed by atoms with Crippen LogP contribution in [0.15, 0.2) is 29.2 Å². The van der Waals surface area contributed by atoms with E-state index in [1.807, 2.05) is 12.1 Å². The van der Waals surface area contributed by atoms with Crippen molar-refractivity contribution in [3.05, 3.63) is 34.7 Å². The Balaban J connectivity index is 2.44. The largest absolute Gasteiger partial charge is 0.454 e. The van der Waals surface area contributed by atoms with Gasteiger partial charge in [0.25, 0.3) is 5.56 Å². The maximum Gasteiger partial charge on any atom is 0.258 e. The summed E-state index contributed by atoms with van der Waals surface area (Å²) >= 11 is 0. The first kappa shape index (κ1) is 8.35. The molecule has 2 heterocycles. The molecule has 76 valence electrons. The summed E-state index contributed by atoms with van der Waals surface area (Å²) in [5, 5.41) is 1.53. The Kier molecular flexibility index (Phi) is 1.54. The molecule has 2 aromatic rings. The molecule has 0 saturated carbocycles. The number of hydrogen-bond donors (Lipinski definition) is 0. The lowest BCUT2D eigenvalue weighted by Gasteiger charge is -2.02. The quantitative estimate of drug-likeness (QED) is 0.647. The van der Waals surface area contributed by atoms with Gasteiger partial charge in [-0.1, -0.05) is 0 Å². The molecule has 0 bridgehead atoms. The van der Waals surface area contributed by atoms with Crippen molar-refractivity contribution < 1.29 is 9.47 Å². The molecule has 4 nitrogen and oxygen atoms in total. The Morgan fingerprint density at radius 2 is 2.00 bits per heavy atom. The number of hydrogen-bond acceptors (Lipinski definition) is 3. The van der Waals surface area contributed by atoms with Gasteiger partial charge in [-0.3, -0.25) is 4.79 Å². The summed E-state index contributed by atoms with van der Waals surface area (Å²) < 4.78 is 12.0. The van der Waals surface area contributed by atoms with E-state index in [0.29, 0.717) is 16.9 Å². The average Bonchev–Trinajstić information content (AvgIpc) is 2.68. The number of aryl methyl sites for hydroxylation is 1. The van der Waals surface area contributed by atoms with Crippen molar-refractivity contribution >= 4 is 10.8 Å². The molecule has 3 rings (SSSR count). The molecular weight excluding hydrogens is 194 g/mol. The number of rotatable bonds is 0. The number of pyridine rings is 1. The van der Waals surface area contributed by atoms with E-state index < -0.39 is 0 Å². The second-order valence-corrected chi connectivity index (χ2v) is 3.52. The molecular formula is C11H9NO3. The molecule has 1 aromatic carbocycles. The van der Waals surface area contributed by atoms with Crippen LogP contribution in [0.4, 0.5) is 0 Å². The fourth-order valence-electron chi connectivity index (χ4n) is 1.73. The summed E-state index contributed by atoms with van der Waals surface area (Å²) in [6.45, 7) is 0.228. The summed E-state index contributed by atoms with van der Waals surface area (Å²) in [6.07, 6.45) is 1.74. The van der Waals surface area contributed by atoms with Gasteiger partial charge in [0.1, 0.15) is 0 Å². The lowest BCUT2D eigenvalue weighted by Crippen LogP contribution is -2.15. The van der Waals surface area contributed by atoms with Crippen LogP contribution in [-0.4, -0.2) is 11.4 Å². The van der Waals surface area contributed by atoms with Gasteiger partial charge in [0.05, 0.1) is 5.39 Å². The molecule has 1 aliphatic rings. The number of aromatic nitrogens is 1. The Morgan fingerprint density at radius 3 is 2.80 bits per heavy atom. The van der Waals surface area contributed by atoms with Crippen LogP contribution in [0.5, 0.6) is 11.5 Å². The summed E-state index contributed by atoms with van der Waals surface area (Å²) in [4.78, 5) is 11.8. The molecule has 0 atom stereocenters. The molecule has 0 amide bonds. The zero-order valence-corrected chi connectivity index (χ0v) is 8.19. The Labute approximate surface area is 85.7 Å². The van der Waals surface area contributed by atoms with Gasteiger partial charge in [-0.05, 0) is 23.6 Å². The summed E-state index contributed by atoms with van der Waals surface area (Å²) in [5.74, 6) is 1.35. The fourth-order valence-corrected chi connectivity index (χ4v) is 1.73. The third-order valence-corrected chi connectivity index (χ3v) is 2.57. The topological polar surface area (TPSA) is 40.5 Å². The molecule has 1 aromatic heterocycles. The van der Waals surface area contributed by atoms with Gasteiger partial charge >= 0.3 is 0 Å². The standard InChI is InChI=1S/C11H9NO3/c1-12-3-2-7-4-9-10(15-6-14-9)5-8(7)11(12)13/h2-5H,6H2,1H3. The van der Waals surface area contributed by atoms with Crippen molar-refractivity contribution in [2.75, 3.05) is 6.79 Å². The minimum atomic E-state index is -0.0224. The highest BCUT2D eigenvalue weighted by molar-refractivity contribution is 5.85. The van der Waals surface area contributed by atoms with Crippen LogP contribution in [0.3, 0.4) is 0 Å². The van der Waals surface area contributed by atoms with E-state index in [9.17, 15) is 4.79 Å². The normalized spacial score (nSPS) is 13.4. The molecule has 0 spiro atoms. The highest BCUT2D eigenvalue weighted by Crippen LogP contribution is 2.34. The highest BCUT2D eigenvalue weighted by atomic mass is 16.7. The predicted molar refractivity (Wildman–Crippen MR) is 55.3 cm³/mol. The molecule has 1 aliphatic heterocycles. The summed E-state index contributed by atoms with van der Waals surface area (Å²) in [5.41, 5.74) is -0.0224. The van der Waals surface area contributed by atoms with Gasteiger partial charge in [-0.15, -0.1) is 0 Å². The predicted octanol–water partition coefficient (Wildman–Crippen LogP) is 1.27. The van der Waals surface area contributed by atoms with Crippen LogP contribution in [0.2, 0.25) is 0 Å². The van der Waals surface area contributed by atoms with E-state index >= 15 is 0 Å². The zero-order valence-electron chi connectivity index (χ0n) is 8.19. The van der Waals surface area contributed by atoms with Crippen molar-refractivity contribution in [3.63, 3.8) is 0 Å². The van der Waals surface area contributed by atoms with Gasteiger partial charge in [0, 0.05) is 13.2 Å². The van der Waals surface area contributed by atoms with Crippen LogP contribution in [0.1, 0.15) is 0 Å². The van der Waals surface area contributed by atoms with Crippen LogP contribution >= 0.6 is 0 Å². The smallest absolute Gasteiger partial charge is 0.258 e. The Bertz CT molecular complexity index is 601. The monoisotopic (exact) mass is 203 g/mol. The van der Waals surface area contributed by atoms with E-state index in [2.05, 4.69) is 0 Å². The zero-order chi connectivity index (χ0) is 10.4. The number of fused-ring (bicyclic) bond motifs is 2. The SMILES string of the molecule is Cn1ccc2cc3c(cc2c1=O)OCO3. The molecule has 0 radical (unpaired) electrons. The third kappa shape index (κ3) is 1.11.